The molecule has 3 heterocycles. The summed E-state index contributed by atoms with van der Waals surface area (Å²) in [6, 6.07) is 10.3. The van der Waals surface area contributed by atoms with E-state index in [1.165, 1.54) is 30.0 Å². The first-order valence-electron chi connectivity index (χ1n) is 10.3. The van der Waals surface area contributed by atoms with Crippen molar-refractivity contribution in [2.45, 2.75) is 32.6 Å². The monoisotopic (exact) mass is 450 g/mol. The van der Waals surface area contributed by atoms with Gasteiger partial charge in [-0.05, 0) is 48.9 Å². The molecule has 0 saturated heterocycles. The third-order valence-electron chi connectivity index (χ3n) is 5.00. The van der Waals surface area contributed by atoms with Crippen molar-refractivity contribution in [1.82, 2.24) is 5.01 Å². The largest absolute Gasteiger partial charge is 0.465 e. The number of furan rings is 1. The van der Waals surface area contributed by atoms with Gasteiger partial charge in [0.05, 0.1) is 18.2 Å². The minimum absolute atomic E-state index is 0.0362. The fourth-order valence-electron chi connectivity index (χ4n) is 3.36. The summed E-state index contributed by atoms with van der Waals surface area (Å²) in [6.45, 7) is 2.14. The lowest BCUT2D eigenvalue weighted by Gasteiger charge is -2.19. The van der Waals surface area contributed by atoms with E-state index < -0.39 is 11.9 Å². The van der Waals surface area contributed by atoms with Gasteiger partial charge in [0, 0.05) is 5.56 Å². The Morgan fingerprint density at radius 2 is 2.06 bits per heavy atom. The Morgan fingerprint density at radius 1 is 1.25 bits per heavy atom. The first-order valence-corrected chi connectivity index (χ1v) is 11.1. The maximum Gasteiger partial charge on any atom is 0.338 e. The maximum absolute atomic E-state index is 12.6. The molecular weight excluding hydrogens is 428 g/mol. The molecule has 0 fully saturated rings. The molecular formula is C23H22N4O4S. The van der Waals surface area contributed by atoms with Gasteiger partial charge in [-0.1, -0.05) is 38.0 Å². The van der Waals surface area contributed by atoms with E-state index in [4.69, 9.17) is 14.6 Å². The molecule has 1 amide bonds. The molecule has 2 aliphatic heterocycles. The zero-order valence-electron chi connectivity index (χ0n) is 17.8. The highest BCUT2D eigenvalue weighted by atomic mass is 32.2. The van der Waals surface area contributed by atoms with Crippen molar-refractivity contribution >= 4 is 45.8 Å². The molecule has 0 atom stereocenters. The summed E-state index contributed by atoms with van der Waals surface area (Å²) in [5.41, 5.74) is 1.04. The molecule has 8 nitrogen and oxygen atoms in total. The second kappa shape index (κ2) is 9.35. The third kappa shape index (κ3) is 4.29. The summed E-state index contributed by atoms with van der Waals surface area (Å²) in [4.78, 5) is 28.7. The average Bonchev–Trinajstić information content (AvgIpc) is 3.43. The van der Waals surface area contributed by atoms with Crippen LogP contribution in [0.5, 0.6) is 0 Å². The number of esters is 1. The van der Waals surface area contributed by atoms with Crippen molar-refractivity contribution in [2.24, 2.45) is 10.1 Å². The van der Waals surface area contributed by atoms with Crippen molar-refractivity contribution in [3.63, 3.8) is 0 Å². The number of hydrogen-bond acceptors (Lipinski definition) is 7. The molecule has 1 aromatic carbocycles. The highest BCUT2D eigenvalue weighted by Gasteiger charge is 2.35. The van der Waals surface area contributed by atoms with Gasteiger partial charge in [0.25, 0.3) is 5.91 Å². The first-order chi connectivity index (χ1) is 15.5. The summed E-state index contributed by atoms with van der Waals surface area (Å²) in [7, 11) is 1.32. The van der Waals surface area contributed by atoms with E-state index in [9.17, 15) is 9.59 Å². The number of hydrogen-bond donors (Lipinski definition) is 1. The van der Waals surface area contributed by atoms with Crippen molar-refractivity contribution in [3.05, 3.63) is 53.3 Å². The van der Waals surface area contributed by atoms with Gasteiger partial charge in [0.2, 0.25) is 5.17 Å². The molecule has 0 spiro atoms. The number of benzene rings is 1. The lowest BCUT2D eigenvalue weighted by molar-refractivity contribution is -0.114. The molecule has 9 heteroatoms. The van der Waals surface area contributed by atoms with Crippen LogP contribution >= 0.6 is 11.8 Å². The number of carbonyl (C=O) groups excluding carboxylic acids is 2. The first kappa shape index (κ1) is 21.8. The van der Waals surface area contributed by atoms with Crippen molar-refractivity contribution < 1.29 is 18.7 Å². The molecule has 32 heavy (non-hydrogen) atoms. The minimum atomic E-state index is -0.508. The Bertz CT molecular complexity index is 1180. The maximum atomic E-state index is 12.6. The van der Waals surface area contributed by atoms with Gasteiger partial charge in [-0.2, -0.15) is 15.1 Å². The number of fused-ring (bicyclic) bond motifs is 1. The van der Waals surface area contributed by atoms with Crippen LogP contribution in [-0.2, 0) is 9.53 Å². The summed E-state index contributed by atoms with van der Waals surface area (Å²) in [5, 5.41) is 15.6. The fourth-order valence-corrected chi connectivity index (χ4v) is 4.29. The lowest BCUT2D eigenvalue weighted by atomic mass is 10.1. The highest BCUT2D eigenvalue weighted by Crippen LogP contribution is 2.31. The van der Waals surface area contributed by atoms with Crippen LogP contribution in [0.3, 0.4) is 0 Å². The standard InChI is InChI=1S/C23H22N4O4S/c1-3-4-5-10-19-26-27-20(24)17(21(28)25-23(27)32-19)13-14-11-12-18(31-14)15-8-6-7-9-16(15)22(29)30-2/h6-9,11-13,24H,3-5,10H2,1-2H3. The van der Waals surface area contributed by atoms with E-state index >= 15 is 0 Å². The number of ether oxygens (including phenoxy) is 1. The van der Waals surface area contributed by atoms with Gasteiger partial charge >= 0.3 is 5.97 Å². The van der Waals surface area contributed by atoms with Crippen LogP contribution < -0.4 is 0 Å². The number of hydrazone groups is 1. The topological polar surface area (TPSA) is 108 Å². The second-order valence-electron chi connectivity index (χ2n) is 7.21. The van der Waals surface area contributed by atoms with Crippen LogP contribution in [0.2, 0.25) is 0 Å². The summed E-state index contributed by atoms with van der Waals surface area (Å²) < 4.78 is 10.7. The highest BCUT2D eigenvalue weighted by molar-refractivity contribution is 8.26. The number of nitrogens with zero attached hydrogens (tertiary/aromatic N) is 3. The summed E-state index contributed by atoms with van der Waals surface area (Å²) in [6.07, 6.45) is 5.50. The van der Waals surface area contributed by atoms with Crippen molar-refractivity contribution in [1.29, 1.82) is 5.41 Å². The quantitative estimate of drug-likeness (QED) is 0.364. The number of nitrogens with one attached hydrogen (secondary N) is 1. The van der Waals surface area contributed by atoms with Gasteiger partial charge in [-0.25, -0.2) is 4.79 Å². The summed E-state index contributed by atoms with van der Waals surface area (Å²) >= 11 is 1.34. The van der Waals surface area contributed by atoms with E-state index in [1.807, 2.05) is 0 Å². The number of unbranched alkanes of at least 4 members (excludes halogenated alkanes) is 2. The zero-order chi connectivity index (χ0) is 22.7. The number of aliphatic imine (C=N–C) groups is 1. The molecule has 0 radical (unpaired) electrons. The van der Waals surface area contributed by atoms with Crippen LogP contribution in [0.1, 0.15) is 48.7 Å². The van der Waals surface area contributed by atoms with Crippen LogP contribution in [0, 0.1) is 5.41 Å². The Morgan fingerprint density at radius 3 is 2.84 bits per heavy atom. The van der Waals surface area contributed by atoms with E-state index in [-0.39, 0.29) is 11.4 Å². The fraction of sp³-hybridized carbons (Fsp3) is 0.261. The van der Waals surface area contributed by atoms with Crippen molar-refractivity contribution in [2.75, 3.05) is 7.11 Å². The molecule has 1 aromatic heterocycles. The van der Waals surface area contributed by atoms with Crippen LogP contribution in [0.4, 0.5) is 0 Å². The second-order valence-corrected chi connectivity index (χ2v) is 8.25. The predicted molar refractivity (Wildman–Crippen MR) is 125 cm³/mol. The third-order valence-corrected chi connectivity index (χ3v) is 5.97. The normalized spacial score (nSPS) is 16.8. The number of rotatable bonds is 7. The number of amidine groups is 2. The summed E-state index contributed by atoms with van der Waals surface area (Å²) in [5.74, 6) is -0.199. The molecule has 0 bridgehead atoms. The van der Waals surface area contributed by atoms with Crippen molar-refractivity contribution in [3.8, 4) is 11.3 Å². The Kier molecular flexibility index (Phi) is 6.36. The molecule has 0 aliphatic carbocycles. The lowest BCUT2D eigenvalue weighted by Crippen LogP contribution is -2.35. The van der Waals surface area contributed by atoms with Gasteiger partial charge in [-0.3, -0.25) is 10.2 Å². The molecule has 0 saturated carbocycles. The number of methoxy groups -OCH3 is 1. The van der Waals surface area contributed by atoms with E-state index in [0.29, 0.717) is 27.8 Å². The minimum Gasteiger partial charge on any atom is -0.465 e. The van der Waals surface area contributed by atoms with E-state index in [2.05, 4.69) is 17.0 Å². The zero-order valence-corrected chi connectivity index (χ0v) is 18.6. The van der Waals surface area contributed by atoms with Crippen LogP contribution in [0.25, 0.3) is 17.4 Å². The SMILES string of the molecule is CCCCCC1=NN2C(=N)C(=Cc3ccc(-c4ccccc4C(=O)OC)o3)C(=O)N=C2S1. The van der Waals surface area contributed by atoms with Crippen LogP contribution in [0.15, 0.2) is 56.5 Å². The smallest absolute Gasteiger partial charge is 0.338 e. The van der Waals surface area contributed by atoms with Gasteiger partial charge in [0.15, 0.2) is 5.84 Å². The number of amides is 1. The Balaban J connectivity index is 1.59. The average molecular weight is 451 g/mol. The van der Waals surface area contributed by atoms with Gasteiger partial charge in [0.1, 0.15) is 16.6 Å². The van der Waals surface area contributed by atoms with Crippen LogP contribution in [-0.4, -0.2) is 40.0 Å². The molecule has 2 aromatic rings. The molecule has 164 valence electrons. The molecule has 4 rings (SSSR count). The Labute approximate surface area is 189 Å². The van der Waals surface area contributed by atoms with Gasteiger partial charge in [-0.15, -0.1) is 0 Å². The number of thioether (sulfide) groups is 1. The number of carbonyl (C=O) groups is 2. The van der Waals surface area contributed by atoms with E-state index in [0.717, 1.165) is 30.7 Å². The molecule has 2 aliphatic rings. The van der Waals surface area contributed by atoms with Gasteiger partial charge < -0.3 is 9.15 Å². The molecule has 1 N–H and O–H groups in total. The predicted octanol–water partition coefficient (Wildman–Crippen LogP) is 4.93. The molecule has 0 unspecified atom stereocenters. The Hall–Kier alpha value is -3.46. The van der Waals surface area contributed by atoms with E-state index in [1.54, 1.807) is 36.4 Å².